The third-order valence-corrected chi connectivity index (χ3v) is 5.12. The summed E-state index contributed by atoms with van der Waals surface area (Å²) >= 11 is 5.65. The molecular formula is C23H28N2O4S. The van der Waals surface area contributed by atoms with Crippen LogP contribution in [0.3, 0.4) is 0 Å². The van der Waals surface area contributed by atoms with E-state index in [4.69, 9.17) is 26.4 Å². The summed E-state index contributed by atoms with van der Waals surface area (Å²) in [7, 11) is 0. The maximum absolute atomic E-state index is 12.1. The summed E-state index contributed by atoms with van der Waals surface area (Å²) in [5.41, 5.74) is 1.65. The van der Waals surface area contributed by atoms with Gasteiger partial charge in [0.15, 0.2) is 6.61 Å². The van der Waals surface area contributed by atoms with Gasteiger partial charge in [0.2, 0.25) is 0 Å². The Morgan fingerprint density at radius 1 is 1.03 bits per heavy atom. The van der Waals surface area contributed by atoms with Gasteiger partial charge in [-0.3, -0.25) is 4.79 Å². The zero-order chi connectivity index (χ0) is 21.5. The Morgan fingerprint density at radius 3 is 2.20 bits per heavy atom. The van der Waals surface area contributed by atoms with Crippen molar-refractivity contribution in [1.82, 2.24) is 4.90 Å². The molecule has 1 heterocycles. The lowest BCUT2D eigenvalue weighted by Gasteiger charge is -2.37. The van der Waals surface area contributed by atoms with Crippen molar-refractivity contribution in [2.24, 2.45) is 0 Å². The van der Waals surface area contributed by atoms with Gasteiger partial charge in [-0.15, -0.1) is 0 Å². The molecule has 0 aliphatic carbocycles. The third-order valence-electron chi connectivity index (χ3n) is 4.63. The fraction of sp³-hybridized carbons (Fsp3) is 0.391. The predicted octanol–water partition coefficient (Wildman–Crippen LogP) is 3.89. The van der Waals surface area contributed by atoms with Gasteiger partial charge >= 0.3 is 0 Å². The van der Waals surface area contributed by atoms with E-state index in [0.717, 1.165) is 29.4 Å². The topological polar surface area (TPSA) is 60.0 Å². The molecule has 2 aromatic carbocycles. The number of nitrogens with zero attached hydrogens (tertiary/aromatic N) is 1. The van der Waals surface area contributed by atoms with Gasteiger partial charge < -0.3 is 24.4 Å². The maximum Gasteiger partial charge on any atom is 0.262 e. The normalized spacial score (nSPS) is 18.6. The number of ether oxygens (including phenoxy) is 3. The summed E-state index contributed by atoms with van der Waals surface area (Å²) in [6, 6.07) is 14.7. The molecule has 1 aliphatic heterocycles. The Kier molecular flexibility index (Phi) is 7.65. The molecule has 0 bridgehead atoms. The minimum Gasteiger partial charge on any atom is -0.494 e. The number of nitrogens with one attached hydrogen (secondary N) is 1. The highest BCUT2D eigenvalue weighted by Gasteiger charge is 2.24. The standard InChI is InChI=1S/C23H28N2O4S/c1-4-27-20-11-7-19(8-12-20)24-22(26)15-28-21-9-5-18(6-10-21)23(30)25-13-16(2)29-17(3)14-25/h5-12,16-17H,4,13-15H2,1-3H3,(H,24,26)/t16-,17-/m1/s1. The minimum absolute atomic E-state index is 0.0739. The van der Waals surface area contributed by atoms with Crippen LogP contribution in [-0.4, -0.2) is 54.3 Å². The highest BCUT2D eigenvalue weighted by Crippen LogP contribution is 2.19. The van der Waals surface area contributed by atoms with E-state index in [1.165, 1.54) is 0 Å². The number of carbonyl (C=O) groups excluding carboxylic acids is 1. The van der Waals surface area contributed by atoms with Crippen molar-refractivity contribution in [3.8, 4) is 11.5 Å². The monoisotopic (exact) mass is 428 g/mol. The summed E-state index contributed by atoms with van der Waals surface area (Å²) in [4.78, 5) is 15.1. The van der Waals surface area contributed by atoms with Crippen LogP contribution in [0.4, 0.5) is 5.69 Å². The molecule has 0 unspecified atom stereocenters. The highest BCUT2D eigenvalue weighted by molar-refractivity contribution is 7.80. The second-order valence-electron chi connectivity index (χ2n) is 7.29. The van der Waals surface area contributed by atoms with E-state index in [1.807, 2.05) is 43.3 Å². The molecule has 160 valence electrons. The number of carbonyl (C=O) groups is 1. The number of anilines is 1. The lowest BCUT2D eigenvalue weighted by Crippen LogP contribution is -2.47. The van der Waals surface area contributed by atoms with Crippen molar-refractivity contribution in [1.29, 1.82) is 0 Å². The van der Waals surface area contributed by atoms with Crippen molar-refractivity contribution < 1.29 is 19.0 Å². The molecule has 2 atom stereocenters. The van der Waals surface area contributed by atoms with Crippen LogP contribution in [0, 0.1) is 0 Å². The molecule has 2 aromatic rings. The van der Waals surface area contributed by atoms with E-state index in [-0.39, 0.29) is 24.7 Å². The van der Waals surface area contributed by atoms with E-state index in [9.17, 15) is 4.79 Å². The molecule has 1 fully saturated rings. The van der Waals surface area contributed by atoms with Gasteiger partial charge in [-0.25, -0.2) is 0 Å². The molecule has 1 N–H and O–H groups in total. The molecule has 1 aliphatic rings. The van der Waals surface area contributed by atoms with Crippen LogP contribution < -0.4 is 14.8 Å². The number of hydrogen-bond acceptors (Lipinski definition) is 5. The molecule has 0 aromatic heterocycles. The van der Waals surface area contributed by atoms with Crippen molar-refractivity contribution in [3.63, 3.8) is 0 Å². The van der Waals surface area contributed by atoms with Gasteiger partial charge in [-0.2, -0.15) is 0 Å². The molecule has 7 heteroatoms. The van der Waals surface area contributed by atoms with E-state index in [0.29, 0.717) is 18.0 Å². The number of amides is 1. The van der Waals surface area contributed by atoms with Crippen LogP contribution in [0.5, 0.6) is 11.5 Å². The number of thiocarbonyl (C=S) groups is 1. The summed E-state index contributed by atoms with van der Waals surface area (Å²) in [5.74, 6) is 1.16. The van der Waals surface area contributed by atoms with Crippen LogP contribution in [-0.2, 0) is 9.53 Å². The van der Waals surface area contributed by atoms with Gasteiger partial charge in [0.05, 0.1) is 18.8 Å². The van der Waals surface area contributed by atoms with Gasteiger partial charge in [-0.05, 0) is 69.3 Å². The average Bonchev–Trinajstić information content (AvgIpc) is 2.73. The molecule has 6 nitrogen and oxygen atoms in total. The second kappa shape index (κ2) is 10.4. The third kappa shape index (κ3) is 6.18. The smallest absolute Gasteiger partial charge is 0.262 e. The molecule has 3 rings (SSSR count). The van der Waals surface area contributed by atoms with E-state index in [2.05, 4.69) is 24.1 Å². The lowest BCUT2D eigenvalue weighted by atomic mass is 10.1. The van der Waals surface area contributed by atoms with Crippen LogP contribution in [0.1, 0.15) is 26.3 Å². The largest absolute Gasteiger partial charge is 0.494 e. The molecule has 30 heavy (non-hydrogen) atoms. The Morgan fingerprint density at radius 2 is 1.60 bits per heavy atom. The maximum atomic E-state index is 12.1. The number of rotatable bonds is 7. The summed E-state index contributed by atoms with van der Waals surface area (Å²) in [6.45, 7) is 8.14. The van der Waals surface area contributed by atoms with Crippen LogP contribution in [0.2, 0.25) is 0 Å². The van der Waals surface area contributed by atoms with Crippen LogP contribution in [0.25, 0.3) is 0 Å². The molecule has 1 amide bonds. The fourth-order valence-electron chi connectivity index (χ4n) is 3.37. The average molecular weight is 429 g/mol. The fourth-order valence-corrected chi connectivity index (χ4v) is 3.65. The van der Waals surface area contributed by atoms with Crippen LogP contribution >= 0.6 is 12.2 Å². The molecular weight excluding hydrogens is 400 g/mol. The van der Waals surface area contributed by atoms with Crippen molar-refractivity contribution in [2.75, 3.05) is 31.6 Å². The molecule has 0 saturated carbocycles. The van der Waals surface area contributed by atoms with Crippen LogP contribution in [0.15, 0.2) is 48.5 Å². The van der Waals surface area contributed by atoms with Crippen molar-refractivity contribution in [2.45, 2.75) is 33.0 Å². The zero-order valence-corrected chi connectivity index (χ0v) is 18.4. The highest BCUT2D eigenvalue weighted by atomic mass is 32.1. The first kappa shape index (κ1) is 22.1. The molecule has 1 saturated heterocycles. The first-order chi connectivity index (χ1) is 14.4. The summed E-state index contributed by atoms with van der Waals surface area (Å²) in [5, 5.41) is 2.80. The number of benzene rings is 2. The number of hydrogen-bond donors (Lipinski definition) is 1. The number of morpholine rings is 1. The summed E-state index contributed by atoms with van der Waals surface area (Å²) < 4.78 is 16.8. The van der Waals surface area contributed by atoms with Gasteiger partial charge in [0.1, 0.15) is 16.5 Å². The zero-order valence-electron chi connectivity index (χ0n) is 17.6. The van der Waals surface area contributed by atoms with Gasteiger partial charge in [0, 0.05) is 24.3 Å². The minimum atomic E-state index is -0.227. The first-order valence-electron chi connectivity index (χ1n) is 10.1. The Bertz CT molecular complexity index is 845. The second-order valence-corrected chi connectivity index (χ2v) is 7.67. The lowest BCUT2D eigenvalue weighted by molar-refractivity contribution is -0.118. The molecule has 0 spiro atoms. The Labute approximate surface area is 183 Å². The SMILES string of the molecule is CCOc1ccc(NC(=O)COc2ccc(C(=S)N3C[C@@H](C)O[C@H](C)C3)cc2)cc1. The molecule has 0 radical (unpaired) electrons. The quantitative estimate of drug-likeness (QED) is 0.676. The van der Waals surface area contributed by atoms with Crippen molar-refractivity contribution >= 4 is 28.8 Å². The first-order valence-corrected chi connectivity index (χ1v) is 10.6. The Hall–Kier alpha value is -2.64. The van der Waals surface area contributed by atoms with Gasteiger partial charge in [-0.1, -0.05) is 12.2 Å². The van der Waals surface area contributed by atoms with E-state index < -0.39 is 0 Å². The van der Waals surface area contributed by atoms with E-state index in [1.54, 1.807) is 12.1 Å². The van der Waals surface area contributed by atoms with Gasteiger partial charge in [0.25, 0.3) is 5.91 Å². The predicted molar refractivity (Wildman–Crippen MR) is 121 cm³/mol. The van der Waals surface area contributed by atoms with E-state index >= 15 is 0 Å². The van der Waals surface area contributed by atoms with Crippen molar-refractivity contribution in [3.05, 3.63) is 54.1 Å². The summed E-state index contributed by atoms with van der Waals surface area (Å²) in [6.07, 6.45) is 0.311. The Balaban J connectivity index is 1.49.